The maximum atomic E-state index is 10.6. The highest BCUT2D eigenvalue weighted by atomic mass is 16.5. The average Bonchev–Trinajstić information content (AvgIpc) is 2.52. The molecule has 74 valence electrons. The van der Waals surface area contributed by atoms with Crippen LogP contribution in [0.5, 0.6) is 0 Å². The van der Waals surface area contributed by atoms with E-state index in [0.717, 1.165) is 19.3 Å². The van der Waals surface area contributed by atoms with E-state index in [1.54, 1.807) is 0 Å². The van der Waals surface area contributed by atoms with Crippen molar-refractivity contribution in [1.29, 1.82) is 0 Å². The largest absolute Gasteiger partial charge is 0.438 e. The van der Waals surface area contributed by atoms with Crippen LogP contribution in [-0.4, -0.2) is 16.7 Å². The zero-order chi connectivity index (χ0) is 9.68. The van der Waals surface area contributed by atoms with Crippen LogP contribution in [0.2, 0.25) is 0 Å². The molecule has 0 unspecified atom stereocenters. The second-order valence-electron chi connectivity index (χ2n) is 2.87. The molecule has 0 aliphatic carbocycles. The fourth-order valence-electron chi connectivity index (χ4n) is 1.05. The van der Waals surface area contributed by atoms with Crippen LogP contribution in [0.4, 0.5) is 0 Å². The summed E-state index contributed by atoms with van der Waals surface area (Å²) in [5, 5.41) is 3.50. The Balaban J connectivity index is 2.39. The molecule has 0 fully saturated rings. The fourth-order valence-corrected chi connectivity index (χ4v) is 1.05. The molecule has 6 nitrogen and oxygen atoms in total. The lowest BCUT2D eigenvalue weighted by Crippen LogP contribution is -2.13. The highest BCUT2D eigenvalue weighted by Crippen LogP contribution is 2.10. The normalized spacial score (nSPS) is 13.1. The third-order valence-corrected chi connectivity index (χ3v) is 1.78. The summed E-state index contributed by atoms with van der Waals surface area (Å²) in [6, 6.07) is -0.266. The Labute approximate surface area is 75.3 Å². The van der Waals surface area contributed by atoms with Crippen molar-refractivity contribution in [3.05, 3.63) is 16.4 Å². The highest BCUT2D eigenvalue weighted by molar-refractivity contribution is 4.87. The van der Waals surface area contributed by atoms with Gasteiger partial charge in [-0.25, -0.2) is 4.79 Å². The number of aromatic amines is 1. The number of nitrogens with two attached hydrogens (primary N) is 2. The number of rotatable bonds is 5. The Morgan fingerprint density at radius 2 is 2.31 bits per heavy atom. The summed E-state index contributed by atoms with van der Waals surface area (Å²) in [6.45, 7) is 0.655. The molecule has 1 atom stereocenters. The van der Waals surface area contributed by atoms with Crippen LogP contribution in [-0.2, 0) is 0 Å². The second kappa shape index (κ2) is 4.78. The van der Waals surface area contributed by atoms with Crippen LogP contribution in [0.3, 0.4) is 0 Å². The standard InChI is InChI=1S/C7H14N4O2/c8-4-2-1-3-5(9)6-10-7(12)13-11-6/h5H,1-4,8-9H2,(H,10,11,12)/t5-/m0/s1. The summed E-state index contributed by atoms with van der Waals surface area (Å²) in [5.41, 5.74) is 11.0. The Hall–Kier alpha value is -1.14. The Morgan fingerprint density at radius 3 is 2.85 bits per heavy atom. The molecule has 0 spiro atoms. The van der Waals surface area contributed by atoms with Crippen molar-refractivity contribution in [2.75, 3.05) is 6.54 Å². The lowest BCUT2D eigenvalue weighted by Gasteiger charge is -2.05. The van der Waals surface area contributed by atoms with E-state index in [9.17, 15) is 4.79 Å². The zero-order valence-electron chi connectivity index (χ0n) is 7.32. The fraction of sp³-hybridized carbons (Fsp3) is 0.714. The lowest BCUT2D eigenvalue weighted by molar-refractivity contribution is 0.375. The van der Waals surface area contributed by atoms with Gasteiger partial charge < -0.3 is 11.5 Å². The molecule has 6 heteroatoms. The van der Waals surface area contributed by atoms with Gasteiger partial charge in [-0.05, 0) is 19.4 Å². The summed E-state index contributed by atoms with van der Waals surface area (Å²) >= 11 is 0. The van der Waals surface area contributed by atoms with Crippen LogP contribution in [0.15, 0.2) is 9.32 Å². The van der Waals surface area contributed by atoms with E-state index in [0.29, 0.717) is 12.4 Å². The van der Waals surface area contributed by atoms with E-state index in [2.05, 4.69) is 14.7 Å². The van der Waals surface area contributed by atoms with Crippen LogP contribution >= 0.6 is 0 Å². The number of nitrogens with one attached hydrogen (secondary N) is 1. The van der Waals surface area contributed by atoms with Gasteiger partial charge in [0.05, 0.1) is 6.04 Å². The van der Waals surface area contributed by atoms with E-state index in [1.165, 1.54) is 0 Å². The van der Waals surface area contributed by atoms with Crippen molar-refractivity contribution in [1.82, 2.24) is 10.1 Å². The molecule has 1 heterocycles. The van der Waals surface area contributed by atoms with E-state index < -0.39 is 5.76 Å². The van der Waals surface area contributed by atoms with E-state index in [-0.39, 0.29) is 6.04 Å². The van der Waals surface area contributed by atoms with Gasteiger partial charge in [0, 0.05) is 0 Å². The third-order valence-electron chi connectivity index (χ3n) is 1.78. The molecule has 1 rings (SSSR count). The van der Waals surface area contributed by atoms with Gasteiger partial charge in [-0.15, -0.1) is 0 Å². The molecule has 0 saturated heterocycles. The summed E-state index contributed by atoms with van der Waals surface area (Å²) < 4.78 is 4.33. The van der Waals surface area contributed by atoms with Crippen molar-refractivity contribution in [2.24, 2.45) is 11.5 Å². The van der Waals surface area contributed by atoms with E-state index in [1.807, 2.05) is 0 Å². The number of aromatic nitrogens is 2. The SMILES string of the molecule is NCCCC[C@H](N)c1noc(=O)[nH]1. The summed E-state index contributed by atoms with van der Waals surface area (Å²) in [6.07, 6.45) is 2.60. The first-order valence-electron chi connectivity index (χ1n) is 4.25. The molecule has 1 aromatic heterocycles. The molecular weight excluding hydrogens is 172 g/mol. The van der Waals surface area contributed by atoms with Gasteiger partial charge in [0.2, 0.25) is 0 Å². The topological polar surface area (TPSA) is 111 Å². The quantitative estimate of drug-likeness (QED) is 0.536. The molecular formula is C7H14N4O2. The summed E-state index contributed by atoms with van der Waals surface area (Å²) in [5.74, 6) is -0.161. The average molecular weight is 186 g/mol. The Kier molecular flexibility index (Phi) is 3.66. The minimum Gasteiger partial charge on any atom is -0.330 e. The molecule has 0 amide bonds. The zero-order valence-corrected chi connectivity index (χ0v) is 7.32. The molecule has 0 bridgehead atoms. The summed E-state index contributed by atoms with van der Waals surface area (Å²) in [4.78, 5) is 13.0. The predicted molar refractivity (Wildman–Crippen MR) is 47.0 cm³/mol. The van der Waals surface area contributed by atoms with E-state index in [4.69, 9.17) is 11.5 Å². The molecule has 13 heavy (non-hydrogen) atoms. The van der Waals surface area contributed by atoms with Crippen molar-refractivity contribution in [3.8, 4) is 0 Å². The number of H-pyrrole nitrogens is 1. The van der Waals surface area contributed by atoms with Crippen LogP contribution in [0, 0.1) is 0 Å². The van der Waals surface area contributed by atoms with Crippen molar-refractivity contribution < 1.29 is 4.52 Å². The summed E-state index contributed by atoms with van der Waals surface area (Å²) in [7, 11) is 0. The Morgan fingerprint density at radius 1 is 1.54 bits per heavy atom. The van der Waals surface area contributed by atoms with Crippen LogP contribution in [0.1, 0.15) is 31.1 Å². The molecule has 0 aliphatic heterocycles. The molecule has 0 radical (unpaired) electrons. The molecule has 0 aromatic carbocycles. The minimum absolute atomic E-state index is 0.266. The maximum Gasteiger partial charge on any atom is 0.438 e. The van der Waals surface area contributed by atoms with Crippen molar-refractivity contribution >= 4 is 0 Å². The number of hydrogen-bond donors (Lipinski definition) is 3. The molecule has 0 aliphatic rings. The highest BCUT2D eigenvalue weighted by Gasteiger charge is 2.10. The molecule has 0 saturated carbocycles. The lowest BCUT2D eigenvalue weighted by atomic mass is 10.1. The van der Waals surface area contributed by atoms with Gasteiger partial charge in [0.1, 0.15) is 0 Å². The predicted octanol–water partition coefficient (Wildman–Crippen LogP) is -0.508. The first-order valence-corrected chi connectivity index (χ1v) is 4.25. The number of nitrogens with zero attached hydrogens (tertiary/aromatic N) is 1. The first-order chi connectivity index (χ1) is 6.24. The van der Waals surface area contributed by atoms with Crippen molar-refractivity contribution in [3.63, 3.8) is 0 Å². The van der Waals surface area contributed by atoms with Gasteiger partial charge in [-0.2, -0.15) is 0 Å². The maximum absolute atomic E-state index is 10.6. The minimum atomic E-state index is -0.565. The Bertz CT molecular complexity index is 293. The number of unbranched alkanes of at least 4 members (excludes halogenated alkanes) is 1. The second-order valence-corrected chi connectivity index (χ2v) is 2.87. The number of hydrogen-bond acceptors (Lipinski definition) is 5. The smallest absolute Gasteiger partial charge is 0.330 e. The van der Waals surface area contributed by atoms with E-state index >= 15 is 0 Å². The van der Waals surface area contributed by atoms with Crippen LogP contribution < -0.4 is 17.2 Å². The van der Waals surface area contributed by atoms with Gasteiger partial charge in [-0.1, -0.05) is 11.6 Å². The third kappa shape index (κ3) is 3.00. The van der Waals surface area contributed by atoms with Crippen molar-refractivity contribution in [2.45, 2.75) is 25.3 Å². The monoisotopic (exact) mass is 186 g/mol. The molecule has 5 N–H and O–H groups in total. The van der Waals surface area contributed by atoms with Gasteiger partial charge >= 0.3 is 5.76 Å². The van der Waals surface area contributed by atoms with Gasteiger partial charge in [0.15, 0.2) is 5.82 Å². The van der Waals surface area contributed by atoms with Gasteiger partial charge in [0.25, 0.3) is 0 Å². The molecule has 1 aromatic rings. The first kappa shape index (κ1) is 9.94. The van der Waals surface area contributed by atoms with Gasteiger partial charge in [-0.3, -0.25) is 9.51 Å². The van der Waals surface area contributed by atoms with Crippen LogP contribution in [0.25, 0.3) is 0 Å².